The summed E-state index contributed by atoms with van der Waals surface area (Å²) in [5, 5.41) is 7.94. The van der Waals surface area contributed by atoms with E-state index in [-0.39, 0.29) is 36.7 Å². The third-order valence-electron chi connectivity index (χ3n) is 5.45. The number of nitrogens with zero attached hydrogens (tertiary/aromatic N) is 6. The van der Waals surface area contributed by atoms with Crippen molar-refractivity contribution in [3.8, 4) is 0 Å². The van der Waals surface area contributed by atoms with Gasteiger partial charge in [-0.05, 0) is 18.2 Å². The zero-order chi connectivity index (χ0) is 27.3. The number of nitrogens with one attached hydrogen (secondary N) is 1. The second-order valence-electron chi connectivity index (χ2n) is 8.04. The molecule has 2 aromatic carbocycles. The zero-order valence-electron chi connectivity index (χ0n) is 19.0. The largest absolute Gasteiger partial charge is 0.355 e. The summed E-state index contributed by atoms with van der Waals surface area (Å²) in [6.07, 6.45) is 1.72. The molecule has 1 N–H and O–H groups in total. The van der Waals surface area contributed by atoms with Crippen LogP contribution in [0, 0.1) is 17.5 Å². The van der Waals surface area contributed by atoms with Gasteiger partial charge in [0.2, 0.25) is 5.95 Å². The molecule has 196 valence electrons. The highest BCUT2D eigenvalue weighted by Gasteiger charge is 2.20. The molecule has 38 heavy (non-hydrogen) atoms. The number of hydrogen-bond acceptors (Lipinski definition) is 7. The molecule has 0 bridgehead atoms. The molecule has 0 saturated heterocycles. The number of rotatable bonds is 6. The summed E-state index contributed by atoms with van der Waals surface area (Å²) in [6.45, 7) is -1.01. The van der Waals surface area contributed by atoms with Crippen LogP contribution in [0.4, 0.5) is 24.8 Å². The van der Waals surface area contributed by atoms with Gasteiger partial charge in [-0.25, -0.2) is 32.3 Å². The molecule has 5 rings (SSSR count). The van der Waals surface area contributed by atoms with Crippen molar-refractivity contribution in [3.63, 3.8) is 0 Å². The number of aromatic nitrogens is 6. The summed E-state index contributed by atoms with van der Waals surface area (Å²) < 4.78 is 45.3. The summed E-state index contributed by atoms with van der Waals surface area (Å²) in [6, 6.07) is 4.15. The highest BCUT2D eigenvalue weighted by atomic mass is 35.5. The highest BCUT2D eigenvalue weighted by Crippen LogP contribution is 2.30. The standard InChI is InChI=1S/C22H13Cl3F3N7O2S/c1-33-6-10-3-16(11(23)4-15(10)32-33)30-20-31-21(36)35(8-17-18(24)38-19(25)29-17)22(37)34(20)7-9-2-13(27)14(28)5-12(9)26/h2-6H,7-8H2,1H3,(H,30,31,36). The summed E-state index contributed by atoms with van der Waals surface area (Å²) >= 11 is 19.3. The van der Waals surface area contributed by atoms with E-state index in [2.05, 4.69) is 20.4 Å². The fourth-order valence-electron chi connectivity index (χ4n) is 3.70. The van der Waals surface area contributed by atoms with Crippen LogP contribution < -0.4 is 16.7 Å². The Morgan fingerprint density at radius 3 is 2.39 bits per heavy atom. The van der Waals surface area contributed by atoms with Crippen molar-refractivity contribution in [3.05, 3.63) is 94.0 Å². The number of halogens is 6. The molecule has 3 aromatic heterocycles. The Labute approximate surface area is 229 Å². The fourth-order valence-corrected chi connectivity index (χ4v) is 5.21. The van der Waals surface area contributed by atoms with E-state index in [0.29, 0.717) is 27.6 Å². The van der Waals surface area contributed by atoms with E-state index in [1.54, 1.807) is 30.1 Å². The van der Waals surface area contributed by atoms with Gasteiger partial charge in [0, 0.05) is 30.3 Å². The molecular weight excluding hydrogens is 590 g/mol. The van der Waals surface area contributed by atoms with Gasteiger partial charge in [-0.1, -0.05) is 46.1 Å². The van der Waals surface area contributed by atoms with Crippen LogP contribution in [0.3, 0.4) is 0 Å². The molecule has 0 fully saturated rings. The van der Waals surface area contributed by atoms with Crippen LogP contribution in [0.2, 0.25) is 13.8 Å². The SMILES string of the molecule is Cn1cc2cc(Nc3nc(=O)n(Cc4nc(Cl)sc4Cl)c(=O)n3Cc3cc(F)c(F)cc3F)c(Cl)cc2n1. The van der Waals surface area contributed by atoms with Gasteiger partial charge >= 0.3 is 11.4 Å². The van der Waals surface area contributed by atoms with Gasteiger partial charge in [-0.3, -0.25) is 9.25 Å². The Kier molecular flexibility index (Phi) is 6.94. The molecule has 16 heteroatoms. The number of aryl methyl sites for hydroxylation is 1. The average Bonchev–Trinajstić information content (AvgIpc) is 3.36. The Bertz CT molecular complexity index is 1850. The first kappa shape index (κ1) is 26.2. The third kappa shape index (κ3) is 5.01. The van der Waals surface area contributed by atoms with E-state index in [1.807, 2.05) is 0 Å². The van der Waals surface area contributed by atoms with Crippen LogP contribution in [0.1, 0.15) is 11.3 Å². The molecular formula is C22H13Cl3F3N7O2S. The molecule has 0 aliphatic rings. The van der Waals surface area contributed by atoms with Crippen LogP contribution in [0.25, 0.3) is 10.9 Å². The van der Waals surface area contributed by atoms with Crippen molar-refractivity contribution >= 4 is 68.7 Å². The Hall–Kier alpha value is -3.39. The van der Waals surface area contributed by atoms with Crippen LogP contribution in [0.15, 0.2) is 40.1 Å². The predicted molar refractivity (Wildman–Crippen MR) is 138 cm³/mol. The average molecular weight is 603 g/mol. The summed E-state index contributed by atoms with van der Waals surface area (Å²) in [4.78, 5) is 34.3. The van der Waals surface area contributed by atoms with Crippen molar-refractivity contribution in [2.75, 3.05) is 5.32 Å². The van der Waals surface area contributed by atoms with Crippen molar-refractivity contribution in [1.82, 2.24) is 28.9 Å². The maximum atomic E-state index is 14.5. The Morgan fingerprint density at radius 2 is 1.68 bits per heavy atom. The van der Waals surface area contributed by atoms with Gasteiger partial charge in [-0.15, -0.1) is 0 Å². The van der Waals surface area contributed by atoms with Crippen molar-refractivity contribution in [2.24, 2.45) is 7.05 Å². The first-order chi connectivity index (χ1) is 18.0. The van der Waals surface area contributed by atoms with E-state index in [9.17, 15) is 22.8 Å². The minimum atomic E-state index is -1.40. The molecule has 0 spiro atoms. The summed E-state index contributed by atoms with van der Waals surface area (Å²) in [7, 11) is 1.72. The Morgan fingerprint density at radius 1 is 0.947 bits per heavy atom. The fraction of sp³-hybridized carbons (Fsp3) is 0.136. The number of fused-ring (bicyclic) bond motifs is 1. The van der Waals surface area contributed by atoms with Gasteiger partial charge in [0.05, 0.1) is 35.0 Å². The molecule has 0 aliphatic carbocycles. The van der Waals surface area contributed by atoms with Gasteiger partial charge in [-0.2, -0.15) is 10.1 Å². The van der Waals surface area contributed by atoms with Gasteiger partial charge in [0.1, 0.15) is 10.2 Å². The van der Waals surface area contributed by atoms with E-state index in [1.165, 1.54) is 0 Å². The monoisotopic (exact) mass is 601 g/mol. The first-order valence-electron chi connectivity index (χ1n) is 10.6. The maximum absolute atomic E-state index is 14.5. The van der Waals surface area contributed by atoms with E-state index in [0.717, 1.165) is 15.9 Å². The van der Waals surface area contributed by atoms with Crippen LogP contribution in [-0.2, 0) is 20.1 Å². The van der Waals surface area contributed by atoms with E-state index >= 15 is 0 Å². The first-order valence-corrected chi connectivity index (χ1v) is 12.5. The van der Waals surface area contributed by atoms with Gasteiger partial charge in [0.25, 0.3) is 0 Å². The quantitative estimate of drug-likeness (QED) is 0.276. The molecule has 0 atom stereocenters. The molecule has 0 aliphatic heterocycles. The zero-order valence-corrected chi connectivity index (χ0v) is 22.1. The number of hydrogen-bond donors (Lipinski definition) is 1. The molecule has 9 nitrogen and oxygen atoms in total. The lowest BCUT2D eigenvalue weighted by Crippen LogP contribution is -2.43. The second kappa shape index (κ2) is 10.1. The molecule has 5 aromatic rings. The molecule has 3 heterocycles. The topological polar surface area (TPSA) is 99.6 Å². The molecule has 0 saturated carbocycles. The van der Waals surface area contributed by atoms with Crippen molar-refractivity contribution in [2.45, 2.75) is 13.1 Å². The maximum Gasteiger partial charge on any atom is 0.355 e. The van der Waals surface area contributed by atoms with Gasteiger partial charge < -0.3 is 5.32 Å². The minimum absolute atomic E-state index is 0.0916. The lowest BCUT2D eigenvalue weighted by molar-refractivity contribution is 0.485. The molecule has 0 radical (unpaired) electrons. The molecule has 0 amide bonds. The van der Waals surface area contributed by atoms with Gasteiger partial charge in [0.15, 0.2) is 16.1 Å². The number of anilines is 2. The van der Waals surface area contributed by atoms with Crippen LogP contribution >= 0.6 is 46.1 Å². The van der Waals surface area contributed by atoms with Crippen LogP contribution in [-0.4, -0.2) is 28.9 Å². The van der Waals surface area contributed by atoms with Crippen molar-refractivity contribution < 1.29 is 13.2 Å². The summed E-state index contributed by atoms with van der Waals surface area (Å²) in [5.74, 6) is -4.15. The van der Waals surface area contributed by atoms with E-state index in [4.69, 9.17) is 34.8 Å². The number of benzene rings is 2. The highest BCUT2D eigenvalue weighted by molar-refractivity contribution is 7.19. The predicted octanol–water partition coefficient (Wildman–Crippen LogP) is 4.97. The molecule has 0 unspecified atom stereocenters. The third-order valence-corrected chi connectivity index (χ3v) is 7.21. The minimum Gasteiger partial charge on any atom is -0.324 e. The Balaban J connectivity index is 1.65. The smallest absolute Gasteiger partial charge is 0.324 e. The van der Waals surface area contributed by atoms with E-state index < -0.39 is 41.9 Å². The number of thiazole rings is 1. The summed E-state index contributed by atoms with van der Waals surface area (Å²) in [5.41, 5.74) is -1.34. The van der Waals surface area contributed by atoms with Crippen LogP contribution in [0.5, 0.6) is 0 Å². The lowest BCUT2D eigenvalue weighted by atomic mass is 10.2. The normalized spacial score (nSPS) is 11.4. The lowest BCUT2D eigenvalue weighted by Gasteiger charge is -2.16. The second-order valence-corrected chi connectivity index (χ2v) is 10.6. The van der Waals surface area contributed by atoms with Crippen molar-refractivity contribution in [1.29, 1.82) is 0 Å².